The van der Waals surface area contributed by atoms with Crippen LogP contribution in [0.3, 0.4) is 0 Å². The Bertz CT molecular complexity index is 573. The maximum absolute atomic E-state index is 9.55. The van der Waals surface area contributed by atoms with Crippen LogP contribution < -0.4 is 11.3 Å². The third-order valence-electron chi connectivity index (χ3n) is 1.99. The van der Waals surface area contributed by atoms with Crippen LogP contribution in [-0.2, 0) is 0 Å². The van der Waals surface area contributed by atoms with Crippen LogP contribution in [0, 0.1) is 0 Å². The van der Waals surface area contributed by atoms with Crippen molar-refractivity contribution in [2.45, 2.75) is 0 Å². The van der Waals surface area contributed by atoms with E-state index in [1.165, 1.54) is 11.0 Å². The summed E-state index contributed by atoms with van der Waals surface area (Å²) in [6.45, 7) is 0. The summed E-state index contributed by atoms with van der Waals surface area (Å²) in [6.07, 6.45) is 2.91. The Labute approximate surface area is 119 Å². The number of hydrogen-bond donors (Lipinski definition) is 3. The minimum atomic E-state index is 0.141. The van der Waals surface area contributed by atoms with Gasteiger partial charge in [-0.15, -0.1) is 10.2 Å². The fourth-order valence-corrected chi connectivity index (χ4v) is 2.37. The van der Waals surface area contributed by atoms with Gasteiger partial charge >= 0.3 is 0 Å². The highest BCUT2D eigenvalue weighted by atomic mass is 79.9. The van der Waals surface area contributed by atoms with E-state index in [0.717, 1.165) is 5.56 Å². The highest BCUT2D eigenvalue weighted by Gasteiger charge is 2.04. The second kappa shape index (κ2) is 5.36. The standard InChI is InChI=1S/C9H8Br2N6O/c10-6-1-5(2-7(11)8(6)18)3-13-15-9-16-14-4-17(9)12/h1-4,18H,12H2,(H,15,16). The van der Waals surface area contributed by atoms with E-state index in [-0.39, 0.29) is 5.75 Å². The minimum absolute atomic E-state index is 0.141. The fraction of sp³-hybridized carbons (Fsp3) is 0. The van der Waals surface area contributed by atoms with E-state index in [9.17, 15) is 5.11 Å². The van der Waals surface area contributed by atoms with Crippen molar-refractivity contribution >= 4 is 44.0 Å². The number of anilines is 1. The van der Waals surface area contributed by atoms with Crippen molar-refractivity contribution in [3.05, 3.63) is 33.0 Å². The number of nitrogens with one attached hydrogen (secondary N) is 1. The number of hydrazone groups is 1. The molecule has 1 aromatic heterocycles. The number of hydrogen-bond acceptors (Lipinski definition) is 6. The van der Waals surface area contributed by atoms with Crippen LogP contribution in [0.5, 0.6) is 5.75 Å². The number of rotatable bonds is 3. The summed E-state index contributed by atoms with van der Waals surface area (Å²) in [6, 6.07) is 3.44. The van der Waals surface area contributed by atoms with Crippen LogP contribution in [0.4, 0.5) is 5.95 Å². The van der Waals surface area contributed by atoms with Gasteiger partial charge in [0.1, 0.15) is 12.1 Å². The van der Waals surface area contributed by atoms with Crippen LogP contribution in [0.25, 0.3) is 0 Å². The molecule has 0 aliphatic heterocycles. The molecular weight excluding hydrogens is 368 g/mol. The Morgan fingerprint density at radius 1 is 1.39 bits per heavy atom. The Hall–Kier alpha value is -1.61. The van der Waals surface area contributed by atoms with Gasteiger partial charge in [0.25, 0.3) is 5.95 Å². The first-order valence-electron chi connectivity index (χ1n) is 4.70. The van der Waals surface area contributed by atoms with Crippen LogP contribution in [-0.4, -0.2) is 26.2 Å². The van der Waals surface area contributed by atoms with E-state index in [4.69, 9.17) is 5.84 Å². The third kappa shape index (κ3) is 2.79. The lowest BCUT2D eigenvalue weighted by Crippen LogP contribution is -2.10. The second-order valence-corrected chi connectivity index (χ2v) is 4.97. The Morgan fingerprint density at radius 2 is 2.06 bits per heavy atom. The highest BCUT2D eigenvalue weighted by molar-refractivity contribution is 9.11. The van der Waals surface area contributed by atoms with Crippen molar-refractivity contribution in [1.29, 1.82) is 0 Å². The van der Waals surface area contributed by atoms with E-state index in [1.54, 1.807) is 18.3 Å². The minimum Gasteiger partial charge on any atom is -0.506 e. The SMILES string of the molecule is Nn1cnnc1NN=Cc1cc(Br)c(O)c(Br)c1. The van der Waals surface area contributed by atoms with E-state index >= 15 is 0 Å². The average molecular weight is 376 g/mol. The van der Waals surface area contributed by atoms with Crippen molar-refractivity contribution < 1.29 is 5.11 Å². The van der Waals surface area contributed by atoms with Crippen LogP contribution in [0.2, 0.25) is 0 Å². The number of benzene rings is 1. The number of nitrogens with zero attached hydrogens (tertiary/aromatic N) is 4. The van der Waals surface area contributed by atoms with E-state index in [1.807, 2.05) is 0 Å². The average Bonchev–Trinajstić information content (AvgIpc) is 2.72. The van der Waals surface area contributed by atoms with Crippen LogP contribution >= 0.6 is 31.9 Å². The predicted molar refractivity (Wildman–Crippen MR) is 74.9 cm³/mol. The Balaban J connectivity index is 2.12. The van der Waals surface area contributed by atoms with Gasteiger partial charge in [0, 0.05) is 0 Å². The summed E-state index contributed by atoms with van der Waals surface area (Å²) in [4.78, 5) is 0. The molecule has 1 heterocycles. The van der Waals surface area contributed by atoms with Gasteiger partial charge in [0.15, 0.2) is 0 Å². The van der Waals surface area contributed by atoms with Gasteiger partial charge in [-0.1, -0.05) is 0 Å². The molecule has 0 aliphatic rings. The lowest BCUT2D eigenvalue weighted by Gasteiger charge is -2.02. The molecule has 4 N–H and O–H groups in total. The highest BCUT2D eigenvalue weighted by Crippen LogP contribution is 2.32. The smallest absolute Gasteiger partial charge is 0.263 e. The molecule has 0 saturated heterocycles. The number of phenolic OH excluding ortho intramolecular Hbond substituents is 1. The molecule has 9 heteroatoms. The molecule has 18 heavy (non-hydrogen) atoms. The van der Waals surface area contributed by atoms with E-state index in [2.05, 4.69) is 52.6 Å². The number of nitrogen functional groups attached to an aromatic ring is 1. The second-order valence-electron chi connectivity index (χ2n) is 3.26. The molecule has 0 atom stereocenters. The zero-order chi connectivity index (χ0) is 13.1. The molecule has 94 valence electrons. The van der Waals surface area contributed by atoms with Gasteiger partial charge in [-0.05, 0) is 49.6 Å². The molecule has 2 aromatic rings. The van der Waals surface area contributed by atoms with Crippen LogP contribution in [0.15, 0.2) is 32.5 Å². The van der Waals surface area contributed by atoms with Gasteiger partial charge in [-0.3, -0.25) is 0 Å². The first-order chi connectivity index (χ1) is 8.58. The zero-order valence-corrected chi connectivity index (χ0v) is 12.1. The lowest BCUT2D eigenvalue weighted by molar-refractivity contribution is 0.468. The fourth-order valence-electron chi connectivity index (χ4n) is 1.15. The molecule has 0 saturated carbocycles. The molecule has 0 radical (unpaired) electrons. The number of phenols is 1. The van der Waals surface area contributed by atoms with E-state index < -0.39 is 0 Å². The van der Waals surface area contributed by atoms with Crippen molar-refractivity contribution in [1.82, 2.24) is 14.9 Å². The Morgan fingerprint density at radius 3 is 2.61 bits per heavy atom. The van der Waals surface area contributed by atoms with Crippen molar-refractivity contribution in [3.63, 3.8) is 0 Å². The molecule has 0 amide bonds. The summed E-state index contributed by atoms with van der Waals surface area (Å²) >= 11 is 6.46. The van der Waals surface area contributed by atoms with Crippen molar-refractivity contribution in [2.24, 2.45) is 5.10 Å². The molecule has 0 bridgehead atoms. The monoisotopic (exact) mass is 374 g/mol. The maximum Gasteiger partial charge on any atom is 0.263 e. The molecule has 2 rings (SSSR count). The summed E-state index contributed by atoms with van der Waals surface area (Å²) in [5.41, 5.74) is 3.42. The van der Waals surface area contributed by atoms with Gasteiger partial charge in [-0.25, -0.2) is 10.1 Å². The summed E-state index contributed by atoms with van der Waals surface area (Å²) in [5.74, 6) is 5.96. The summed E-state index contributed by atoms with van der Waals surface area (Å²) in [7, 11) is 0. The number of halogens is 2. The van der Waals surface area contributed by atoms with Gasteiger partial charge in [0.2, 0.25) is 0 Å². The largest absolute Gasteiger partial charge is 0.506 e. The zero-order valence-electron chi connectivity index (χ0n) is 8.88. The van der Waals surface area contributed by atoms with Crippen LogP contribution in [0.1, 0.15) is 5.56 Å². The number of aromatic hydroxyl groups is 1. The quantitative estimate of drug-likeness (QED) is 0.430. The third-order valence-corrected chi connectivity index (χ3v) is 3.20. The normalized spacial score (nSPS) is 11.0. The van der Waals surface area contributed by atoms with E-state index in [0.29, 0.717) is 14.9 Å². The van der Waals surface area contributed by atoms with Crippen molar-refractivity contribution in [3.8, 4) is 5.75 Å². The van der Waals surface area contributed by atoms with Crippen molar-refractivity contribution in [2.75, 3.05) is 11.3 Å². The molecule has 0 fully saturated rings. The van der Waals surface area contributed by atoms with Gasteiger partial charge in [0.05, 0.1) is 15.2 Å². The first kappa shape index (κ1) is 12.8. The summed E-state index contributed by atoms with van der Waals surface area (Å²) in [5, 5.41) is 20.8. The topological polar surface area (TPSA) is 101 Å². The number of aromatic nitrogens is 3. The summed E-state index contributed by atoms with van der Waals surface area (Å²) < 4.78 is 2.35. The van der Waals surface area contributed by atoms with Gasteiger partial charge in [-0.2, -0.15) is 5.10 Å². The first-order valence-corrected chi connectivity index (χ1v) is 6.28. The Kier molecular flexibility index (Phi) is 3.82. The molecule has 7 nitrogen and oxygen atoms in total. The molecular formula is C9H8Br2N6O. The maximum atomic E-state index is 9.55. The lowest BCUT2D eigenvalue weighted by atomic mass is 10.2. The molecule has 0 spiro atoms. The number of nitrogens with two attached hydrogens (primary N) is 1. The molecule has 0 unspecified atom stereocenters. The van der Waals surface area contributed by atoms with Gasteiger partial charge < -0.3 is 10.9 Å². The molecule has 1 aromatic carbocycles. The molecule has 0 aliphatic carbocycles. The predicted octanol–water partition coefficient (Wildman–Crippen LogP) is 1.67.